The van der Waals surface area contributed by atoms with Gasteiger partial charge in [0, 0.05) is 12.1 Å². The van der Waals surface area contributed by atoms with E-state index in [2.05, 4.69) is 15.5 Å². The van der Waals surface area contributed by atoms with E-state index in [1.54, 1.807) is 0 Å². The molecule has 0 spiro atoms. The van der Waals surface area contributed by atoms with Crippen molar-refractivity contribution < 1.29 is 22.4 Å². The van der Waals surface area contributed by atoms with Crippen molar-refractivity contribution in [2.75, 3.05) is 11.1 Å². The largest absolute Gasteiger partial charge is 0.397 e. The number of nitrogen functional groups attached to an aromatic ring is 1. The first kappa shape index (κ1) is 14.7. The van der Waals surface area contributed by atoms with Crippen LogP contribution in [0.1, 0.15) is 22.5 Å². The molecule has 0 aliphatic carbocycles. The Balaban J connectivity index is 2.26. The minimum atomic E-state index is -2.89. The zero-order valence-corrected chi connectivity index (χ0v) is 10.3. The van der Waals surface area contributed by atoms with E-state index in [1.807, 2.05) is 0 Å². The number of aromatic nitrogens is 2. The Hall–Kier alpha value is -2.71. The Labute approximate surface area is 115 Å². The van der Waals surface area contributed by atoms with E-state index in [1.165, 1.54) is 0 Å². The van der Waals surface area contributed by atoms with Gasteiger partial charge in [-0.3, -0.25) is 4.79 Å². The van der Waals surface area contributed by atoms with Crippen LogP contribution in [0.2, 0.25) is 0 Å². The maximum absolute atomic E-state index is 13.1. The molecule has 1 amide bonds. The second kappa shape index (κ2) is 5.73. The first-order valence-corrected chi connectivity index (χ1v) is 5.55. The number of benzene rings is 1. The number of anilines is 2. The average Bonchev–Trinajstić information content (AvgIpc) is 2.44. The standard InChI is InChI=1S/C12H8F4N4O/c13-6-2-8(17)9(3-7(6)14)19-12(21)5-1-10(11(15)16)20-18-4-5/h1-4,11H,17H2,(H,19,21). The number of hydrogen-bond donors (Lipinski definition) is 2. The number of halogens is 4. The number of nitrogens with one attached hydrogen (secondary N) is 1. The summed E-state index contributed by atoms with van der Waals surface area (Å²) in [6, 6.07) is 2.22. The molecule has 0 aliphatic heterocycles. The van der Waals surface area contributed by atoms with Crippen molar-refractivity contribution in [1.29, 1.82) is 0 Å². The number of hydrogen-bond acceptors (Lipinski definition) is 4. The van der Waals surface area contributed by atoms with Gasteiger partial charge in [-0.05, 0) is 6.07 Å². The molecule has 2 rings (SSSR count). The normalized spacial score (nSPS) is 10.7. The highest BCUT2D eigenvalue weighted by Crippen LogP contribution is 2.23. The van der Waals surface area contributed by atoms with E-state index in [4.69, 9.17) is 5.73 Å². The Morgan fingerprint density at radius 1 is 1.19 bits per heavy atom. The predicted molar refractivity (Wildman–Crippen MR) is 65.7 cm³/mol. The monoisotopic (exact) mass is 300 g/mol. The van der Waals surface area contributed by atoms with Crippen LogP contribution < -0.4 is 11.1 Å². The summed E-state index contributed by atoms with van der Waals surface area (Å²) in [5.41, 5.74) is 4.13. The van der Waals surface area contributed by atoms with Crippen LogP contribution in [-0.2, 0) is 0 Å². The lowest BCUT2D eigenvalue weighted by Gasteiger charge is -2.09. The first-order chi connectivity index (χ1) is 9.88. The van der Waals surface area contributed by atoms with Gasteiger partial charge < -0.3 is 11.1 Å². The molecular formula is C12H8F4N4O. The summed E-state index contributed by atoms with van der Waals surface area (Å²) in [5, 5.41) is 8.60. The molecule has 5 nitrogen and oxygen atoms in total. The highest BCUT2D eigenvalue weighted by molar-refractivity contribution is 6.05. The highest BCUT2D eigenvalue weighted by Gasteiger charge is 2.16. The molecule has 2 aromatic rings. The molecule has 110 valence electrons. The number of amides is 1. The molecule has 1 aromatic heterocycles. The molecule has 0 aliphatic rings. The third-order valence-corrected chi connectivity index (χ3v) is 2.50. The van der Waals surface area contributed by atoms with Crippen LogP contribution in [0.3, 0.4) is 0 Å². The van der Waals surface area contributed by atoms with Crippen LogP contribution in [0.4, 0.5) is 28.9 Å². The number of nitrogens with zero attached hydrogens (tertiary/aromatic N) is 2. The van der Waals surface area contributed by atoms with Gasteiger partial charge in [0.15, 0.2) is 11.6 Å². The van der Waals surface area contributed by atoms with Gasteiger partial charge in [-0.15, -0.1) is 5.10 Å². The van der Waals surface area contributed by atoms with Crippen LogP contribution in [0.15, 0.2) is 24.4 Å². The maximum Gasteiger partial charge on any atom is 0.282 e. The van der Waals surface area contributed by atoms with Gasteiger partial charge >= 0.3 is 0 Å². The lowest BCUT2D eigenvalue weighted by atomic mass is 10.2. The SMILES string of the molecule is Nc1cc(F)c(F)cc1NC(=O)c1cnnc(C(F)F)c1. The molecule has 1 aromatic carbocycles. The lowest BCUT2D eigenvalue weighted by Crippen LogP contribution is -2.15. The topological polar surface area (TPSA) is 80.9 Å². The van der Waals surface area contributed by atoms with E-state index < -0.39 is 29.7 Å². The van der Waals surface area contributed by atoms with Gasteiger partial charge in [0.2, 0.25) is 0 Å². The van der Waals surface area contributed by atoms with Crippen molar-refractivity contribution >= 4 is 17.3 Å². The molecular weight excluding hydrogens is 292 g/mol. The van der Waals surface area contributed by atoms with Crippen LogP contribution in [0.5, 0.6) is 0 Å². The summed E-state index contributed by atoms with van der Waals surface area (Å²) < 4.78 is 50.9. The predicted octanol–water partition coefficient (Wildman–Crippen LogP) is 2.53. The molecule has 3 N–H and O–H groups in total. The van der Waals surface area contributed by atoms with Crippen molar-refractivity contribution in [3.8, 4) is 0 Å². The number of carbonyl (C=O) groups is 1. The molecule has 1 heterocycles. The van der Waals surface area contributed by atoms with Crippen molar-refractivity contribution in [3.05, 3.63) is 47.3 Å². The fourth-order valence-corrected chi connectivity index (χ4v) is 1.48. The summed E-state index contributed by atoms with van der Waals surface area (Å²) in [4.78, 5) is 11.8. The lowest BCUT2D eigenvalue weighted by molar-refractivity contribution is 0.102. The van der Waals surface area contributed by atoms with Crippen molar-refractivity contribution in [1.82, 2.24) is 10.2 Å². The molecule has 0 atom stereocenters. The average molecular weight is 300 g/mol. The van der Waals surface area contributed by atoms with Crippen LogP contribution >= 0.6 is 0 Å². The molecule has 0 saturated carbocycles. The van der Waals surface area contributed by atoms with Gasteiger partial charge in [0.1, 0.15) is 5.69 Å². The molecule has 0 saturated heterocycles. The van der Waals surface area contributed by atoms with E-state index >= 15 is 0 Å². The number of carbonyl (C=O) groups excluding carboxylic acids is 1. The van der Waals surface area contributed by atoms with Gasteiger partial charge in [0.25, 0.3) is 12.3 Å². The fourth-order valence-electron chi connectivity index (χ4n) is 1.48. The van der Waals surface area contributed by atoms with Crippen molar-refractivity contribution in [2.24, 2.45) is 0 Å². The number of nitrogens with two attached hydrogens (primary N) is 1. The second-order valence-corrected chi connectivity index (χ2v) is 3.98. The van der Waals surface area contributed by atoms with Gasteiger partial charge in [-0.25, -0.2) is 17.6 Å². The number of alkyl halides is 2. The van der Waals surface area contributed by atoms with E-state index in [-0.39, 0.29) is 16.9 Å². The molecule has 0 unspecified atom stereocenters. The summed E-state index contributed by atoms with van der Waals surface area (Å²) >= 11 is 0. The molecule has 0 radical (unpaired) electrons. The minimum Gasteiger partial charge on any atom is -0.397 e. The first-order valence-electron chi connectivity index (χ1n) is 5.55. The van der Waals surface area contributed by atoms with Gasteiger partial charge in [-0.1, -0.05) is 0 Å². The quantitative estimate of drug-likeness (QED) is 0.674. The van der Waals surface area contributed by atoms with Crippen LogP contribution in [0, 0.1) is 11.6 Å². The highest BCUT2D eigenvalue weighted by atomic mass is 19.3. The molecule has 0 bridgehead atoms. The van der Waals surface area contributed by atoms with E-state index in [9.17, 15) is 22.4 Å². The van der Waals surface area contributed by atoms with Crippen LogP contribution in [0.25, 0.3) is 0 Å². The Bertz CT molecular complexity index is 693. The van der Waals surface area contributed by atoms with E-state index in [0.29, 0.717) is 12.1 Å². The fraction of sp³-hybridized carbons (Fsp3) is 0.0833. The van der Waals surface area contributed by atoms with Crippen LogP contribution in [-0.4, -0.2) is 16.1 Å². The summed E-state index contributed by atoms with van der Waals surface area (Å²) in [5.74, 6) is -3.24. The molecule has 9 heteroatoms. The summed E-state index contributed by atoms with van der Waals surface area (Å²) in [6.45, 7) is 0. The molecule has 21 heavy (non-hydrogen) atoms. The summed E-state index contributed by atoms with van der Waals surface area (Å²) in [7, 11) is 0. The zero-order chi connectivity index (χ0) is 15.6. The minimum absolute atomic E-state index is 0.186. The smallest absolute Gasteiger partial charge is 0.282 e. The van der Waals surface area contributed by atoms with Crippen molar-refractivity contribution in [2.45, 2.75) is 6.43 Å². The van der Waals surface area contributed by atoms with Gasteiger partial charge in [-0.2, -0.15) is 5.10 Å². The third kappa shape index (κ3) is 3.25. The Kier molecular flexibility index (Phi) is 4.01. The summed E-state index contributed by atoms with van der Waals surface area (Å²) in [6.07, 6.45) is -1.93. The second-order valence-electron chi connectivity index (χ2n) is 3.98. The third-order valence-electron chi connectivity index (χ3n) is 2.50. The zero-order valence-electron chi connectivity index (χ0n) is 10.3. The van der Waals surface area contributed by atoms with Gasteiger partial charge in [0.05, 0.1) is 23.1 Å². The van der Waals surface area contributed by atoms with Crippen molar-refractivity contribution in [3.63, 3.8) is 0 Å². The Morgan fingerprint density at radius 2 is 1.86 bits per heavy atom. The Morgan fingerprint density at radius 3 is 2.52 bits per heavy atom. The van der Waals surface area contributed by atoms with E-state index in [0.717, 1.165) is 12.3 Å². The maximum atomic E-state index is 13.1. The number of rotatable bonds is 3. The molecule has 0 fully saturated rings.